The van der Waals surface area contributed by atoms with Crippen molar-refractivity contribution in [1.82, 2.24) is 19.9 Å². The molecular weight excluding hydrogens is 503 g/mol. The number of nitrogens with zero attached hydrogens (tertiary/aromatic N) is 4. The summed E-state index contributed by atoms with van der Waals surface area (Å²) in [6, 6.07) is 15.5. The number of nitrogens with one attached hydrogen (secondary N) is 1. The predicted octanol–water partition coefficient (Wildman–Crippen LogP) is 6.71. The number of aliphatic hydroxyl groups is 1. The van der Waals surface area contributed by atoms with E-state index >= 15 is 0 Å². The summed E-state index contributed by atoms with van der Waals surface area (Å²) < 4.78 is 41.1. The molecule has 9 heteroatoms. The zero-order chi connectivity index (χ0) is 27.8. The zero-order valence-electron chi connectivity index (χ0n) is 22.3. The van der Waals surface area contributed by atoms with Gasteiger partial charge in [-0.3, -0.25) is 9.88 Å². The normalized spacial score (nSPS) is 16.6. The van der Waals surface area contributed by atoms with E-state index in [1.54, 1.807) is 18.2 Å². The average Bonchev–Trinajstić information content (AvgIpc) is 3.34. The highest BCUT2D eigenvalue weighted by molar-refractivity contribution is 5.93. The Bertz CT molecular complexity index is 1460. The molecule has 5 rings (SSSR count). The predicted molar refractivity (Wildman–Crippen MR) is 147 cm³/mol. The van der Waals surface area contributed by atoms with Crippen molar-refractivity contribution < 1.29 is 18.3 Å². The quantitative estimate of drug-likeness (QED) is 0.286. The van der Waals surface area contributed by atoms with Gasteiger partial charge in [-0.1, -0.05) is 39.0 Å². The van der Waals surface area contributed by atoms with Crippen LogP contribution in [-0.4, -0.2) is 44.2 Å². The number of pyridine rings is 1. The first-order valence-electron chi connectivity index (χ1n) is 13.1. The van der Waals surface area contributed by atoms with Gasteiger partial charge in [-0.2, -0.15) is 13.2 Å². The molecule has 0 amide bonds. The van der Waals surface area contributed by atoms with Crippen molar-refractivity contribution in [3.8, 4) is 11.3 Å². The SMILES string of the molecule is CC(C)(C)c1ccc(Nc2nc(CN3CCCC3CO)nc3cc(-c4ncccc4C(F)(F)F)ccc23)cc1. The molecule has 1 saturated heterocycles. The number of hydrogen-bond donors (Lipinski definition) is 2. The summed E-state index contributed by atoms with van der Waals surface area (Å²) in [7, 11) is 0. The first kappa shape index (κ1) is 27.0. The van der Waals surface area contributed by atoms with Crippen LogP contribution in [0.1, 0.15) is 50.6 Å². The van der Waals surface area contributed by atoms with Gasteiger partial charge < -0.3 is 10.4 Å². The largest absolute Gasteiger partial charge is 0.418 e. The number of aliphatic hydroxyl groups excluding tert-OH is 1. The third-order valence-corrected chi connectivity index (χ3v) is 7.20. The molecule has 204 valence electrons. The number of halogens is 3. The molecule has 0 radical (unpaired) electrons. The van der Waals surface area contributed by atoms with Crippen LogP contribution < -0.4 is 5.32 Å². The fourth-order valence-electron chi connectivity index (χ4n) is 5.04. The second-order valence-corrected chi connectivity index (χ2v) is 11.0. The van der Waals surface area contributed by atoms with E-state index in [1.807, 2.05) is 12.1 Å². The number of alkyl halides is 3. The number of fused-ring (bicyclic) bond motifs is 1. The van der Waals surface area contributed by atoms with Crippen molar-refractivity contribution in [2.45, 2.75) is 57.8 Å². The van der Waals surface area contributed by atoms with Gasteiger partial charge in [0.05, 0.1) is 29.9 Å². The second kappa shape index (κ2) is 10.5. The first-order valence-corrected chi connectivity index (χ1v) is 13.1. The van der Waals surface area contributed by atoms with Crippen LogP contribution in [-0.2, 0) is 18.1 Å². The van der Waals surface area contributed by atoms with Gasteiger partial charge in [0.25, 0.3) is 0 Å². The number of likely N-dealkylation sites (tertiary alicyclic amines) is 1. The van der Waals surface area contributed by atoms with Crippen molar-refractivity contribution in [2.75, 3.05) is 18.5 Å². The van der Waals surface area contributed by atoms with E-state index in [2.05, 4.69) is 48.1 Å². The van der Waals surface area contributed by atoms with Crippen LogP contribution in [0.4, 0.5) is 24.7 Å². The second-order valence-electron chi connectivity index (χ2n) is 11.0. The molecule has 1 fully saturated rings. The van der Waals surface area contributed by atoms with Crippen molar-refractivity contribution in [3.63, 3.8) is 0 Å². The lowest BCUT2D eigenvalue weighted by Crippen LogP contribution is -2.32. The number of aromatic nitrogens is 3. The van der Waals surface area contributed by atoms with Crippen molar-refractivity contribution in [1.29, 1.82) is 0 Å². The molecule has 0 spiro atoms. The van der Waals surface area contributed by atoms with Gasteiger partial charge in [0.2, 0.25) is 0 Å². The molecule has 4 aromatic rings. The van der Waals surface area contributed by atoms with Crippen LogP contribution in [0.5, 0.6) is 0 Å². The fraction of sp³-hybridized carbons (Fsp3) is 0.367. The van der Waals surface area contributed by atoms with Crippen LogP contribution >= 0.6 is 0 Å². The Morgan fingerprint density at radius 2 is 1.79 bits per heavy atom. The zero-order valence-corrected chi connectivity index (χ0v) is 22.3. The molecule has 1 aliphatic rings. The Labute approximate surface area is 225 Å². The molecule has 1 aliphatic heterocycles. The Morgan fingerprint density at radius 3 is 2.49 bits per heavy atom. The monoisotopic (exact) mass is 535 g/mol. The van der Waals surface area contributed by atoms with Crippen LogP contribution in [0.25, 0.3) is 22.2 Å². The minimum Gasteiger partial charge on any atom is -0.395 e. The minimum atomic E-state index is -4.53. The van der Waals surface area contributed by atoms with E-state index in [0.717, 1.165) is 31.1 Å². The van der Waals surface area contributed by atoms with Gasteiger partial charge in [-0.05, 0) is 66.8 Å². The molecular formula is C30H32F3N5O. The summed E-state index contributed by atoms with van der Waals surface area (Å²) in [5, 5.41) is 13.9. The summed E-state index contributed by atoms with van der Waals surface area (Å²) in [5.74, 6) is 1.10. The molecule has 0 saturated carbocycles. The van der Waals surface area contributed by atoms with Crippen LogP contribution in [0.15, 0.2) is 60.8 Å². The molecule has 0 bridgehead atoms. The molecule has 1 atom stereocenters. The molecule has 2 N–H and O–H groups in total. The fourth-order valence-corrected chi connectivity index (χ4v) is 5.04. The number of rotatable bonds is 6. The van der Waals surface area contributed by atoms with E-state index in [0.29, 0.717) is 34.7 Å². The van der Waals surface area contributed by atoms with Crippen LogP contribution in [0.2, 0.25) is 0 Å². The first-order chi connectivity index (χ1) is 18.5. The highest BCUT2D eigenvalue weighted by Crippen LogP contribution is 2.37. The number of anilines is 2. The van der Waals surface area contributed by atoms with Crippen molar-refractivity contribution in [2.24, 2.45) is 0 Å². The van der Waals surface area contributed by atoms with Crippen molar-refractivity contribution >= 4 is 22.4 Å². The standard InChI is InChI=1S/C30H32F3N5O/c1-29(2,3)20-9-11-21(12-10-20)35-28-23-13-8-19(27-24(30(31,32)33)7-4-14-34-27)16-25(23)36-26(37-28)17-38-15-5-6-22(38)18-39/h4,7-14,16,22,39H,5-6,15,17-18H2,1-3H3,(H,35,36,37). The average molecular weight is 536 g/mol. The van der Waals surface area contributed by atoms with E-state index < -0.39 is 11.7 Å². The van der Waals surface area contributed by atoms with Crippen LogP contribution in [0, 0.1) is 0 Å². The summed E-state index contributed by atoms with van der Waals surface area (Å²) in [5.41, 5.74) is 1.98. The Balaban J connectivity index is 1.58. The lowest BCUT2D eigenvalue weighted by molar-refractivity contribution is -0.137. The van der Waals surface area contributed by atoms with Gasteiger partial charge in [0.1, 0.15) is 11.6 Å². The topological polar surface area (TPSA) is 74.2 Å². The van der Waals surface area contributed by atoms with E-state index in [-0.39, 0.29) is 23.8 Å². The summed E-state index contributed by atoms with van der Waals surface area (Å²) in [4.78, 5) is 15.8. The summed E-state index contributed by atoms with van der Waals surface area (Å²) in [6.07, 6.45) is -1.29. The lowest BCUT2D eigenvalue weighted by Gasteiger charge is -2.22. The van der Waals surface area contributed by atoms with Crippen LogP contribution in [0.3, 0.4) is 0 Å². The number of hydrogen-bond acceptors (Lipinski definition) is 6. The molecule has 2 aromatic carbocycles. The van der Waals surface area contributed by atoms with E-state index in [9.17, 15) is 18.3 Å². The molecule has 0 aliphatic carbocycles. The van der Waals surface area contributed by atoms with Gasteiger partial charge in [-0.25, -0.2) is 9.97 Å². The lowest BCUT2D eigenvalue weighted by atomic mass is 9.87. The maximum Gasteiger partial charge on any atom is 0.418 e. The Morgan fingerprint density at radius 1 is 1.03 bits per heavy atom. The van der Waals surface area contributed by atoms with Gasteiger partial charge in [0.15, 0.2) is 0 Å². The molecule has 1 unspecified atom stereocenters. The number of benzene rings is 2. The summed E-state index contributed by atoms with van der Waals surface area (Å²) >= 11 is 0. The van der Waals surface area contributed by atoms with Gasteiger partial charge >= 0.3 is 6.18 Å². The van der Waals surface area contributed by atoms with Crippen molar-refractivity contribution in [3.05, 3.63) is 77.7 Å². The Kier molecular flexibility index (Phi) is 7.31. The molecule has 39 heavy (non-hydrogen) atoms. The summed E-state index contributed by atoms with van der Waals surface area (Å²) in [6.45, 7) is 7.78. The maximum absolute atomic E-state index is 13.7. The highest BCUT2D eigenvalue weighted by Gasteiger charge is 2.34. The molecule has 6 nitrogen and oxygen atoms in total. The molecule has 2 aromatic heterocycles. The van der Waals surface area contributed by atoms with Gasteiger partial charge in [-0.15, -0.1) is 0 Å². The Hall–Kier alpha value is -3.56. The minimum absolute atomic E-state index is 0.0173. The van der Waals surface area contributed by atoms with Gasteiger partial charge in [0, 0.05) is 28.9 Å². The third-order valence-electron chi connectivity index (χ3n) is 7.20. The smallest absolute Gasteiger partial charge is 0.395 e. The maximum atomic E-state index is 13.7. The third kappa shape index (κ3) is 5.89. The highest BCUT2D eigenvalue weighted by atomic mass is 19.4. The molecule has 3 heterocycles. The van der Waals surface area contributed by atoms with E-state index in [1.165, 1.54) is 17.8 Å². The van der Waals surface area contributed by atoms with E-state index in [4.69, 9.17) is 9.97 Å².